The Bertz CT molecular complexity index is 868. The van der Waals surface area contributed by atoms with E-state index in [1.807, 2.05) is 13.8 Å². The van der Waals surface area contributed by atoms with Crippen LogP contribution in [0.25, 0.3) is 5.69 Å². The molecular weight excluding hydrogens is 373 g/mol. The summed E-state index contributed by atoms with van der Waals surface area (Å²) in [6.45, 7) is 10.8. The maximum atomic E-state index is 15.0. The Morgan fingerprint density at radius 2 is 1.83 bits per heavy atom. The van der Waals surface area contributed by atoms with Gasteiger partial charge in [0, 0.05) is 44.3 Å². The predicted molar refractivity (Wildman–Crippen MR) is 112 cm³/mol. The summed E-state index contributed by atoms with van der Waals surface area (Å²) < 4.78 is 16.2. The van der Waals surface area contributed by atoms with Gasteiger partial charge in [-0.25, -0.2) is 9.07 Å². The number of amides is 1. The van der Waals surface area contributed by atoms with Crippen LogP contribution < -0.4 is 10.6 Å². The van der Waals surface area contributed by atoms with E-state index >= 15 is 0 Å². The molecule has 0 bridgehead atoms. The molecule has 2 heterocycles. The Labute approximate surface area is 171 Å². The lowest BCUT2D eigenvalue weighted by Crippen LogP contribution is -2.55. The van der Waals surface area contributed by atoms with E-state index in [0.29, 0.717) is 36.5 Å². The van der Waals surface area contributed by atoms with Gasteiger partial charge in [0.1, 0.15) is 5.69 Å². The van der Waals surface area contributed by atoms with Crippen LogP contribution in [0.5, 0.6) is 0 Å². The summed E-state index contributed by atoms with van der Waals surface area (Å²) in [5, 5.41) is 7.86. The number of nitrogens with zero attached hydrogens (tertiary/aromatic N) is 6. The summed E-state index contributed by atoms with van der Waals surface area (Å²) in [6, 6.07) is 3.68. The largest absolute Gasteiger partial charge is 0.397 e. The normalized spacial score (nSPS) is 20.1. The molecule has 0 aliphatic carbocycles. The van der Waals surface area contributed by atoms with Gasteiger partial charge in [-0.05, 0) is 40.8 Å². The summed E-state index contributed by atoms with van der Waals surface area (Å²) in [7, 11) is 2.10. The fourth-order valence-corrected chi connectivity index (χ4v) is 3.77. The van der Waals surface area contributed by atoms with E-state index < -0.39 is 5.82 Å². The van der Waals surface area contributed by atoms with Crippen LogP contribution in [-0.4, -0.2) is 76.0 Å². The van der Waals surface area contributed by atoms with Crippen molar-refractivity contribution in [3.8, 4) is 5.69 Å². The minimum atomic E-state index is -0.458. The number of nitrogen functional groups attached to an aromatic ring is 1. The monoisotopic (exact) mass is 403 g/mol. The summed E-state index contributed by atoms with van der Waals surface area (Å²) in [4.78, 5) is 18.5. The molecule has 2 aromatic rings. The first-order valence-corrected chi connectivity index (χ1v) is 10.0. The summed E-state index contributed by atoms with van der Waals surface area (Å²) in [5.41, 5.74) is 7.78. The van der Waals surface area contributed by atoms with E-state index in [0.717, 1.165) is 13.1 Å². The number of anilines is 2. The van der Waals surface area contributed by atoms with E-state index in [2.05, 4.69) is 41.0 Å². The zero-order valence-corrected chi connectivity index (χ0v) is 17.8. The molecule has 9 heteroatoms. The third-order valence-electron chi connectivity index (χ3n) is 5.81. The summed E-state index contributed by atoms with van der Waals surface area (Å²) >= 11 is 0. The predicted octanol–water partition coefficient (Wildman–Crippen LogP) is 2.00. The lowest BCUT2D eigenvalue weighted by atomic mass is 10.1. The molecule has 1 aliphatic heterocycles. The number of nitrogens with two attached hydrogens (primary N) is 1. The highest BCUT2D eigenvalue weighted by Gasteiger charge is 2.28. The number of rotatable bonds is 5. The Morgan fingerprint density at radius 3 is 2.41 bits per heavy atom. The molecule has 1 aromatic carbocycles. The second-order valence-corrected chi connectivity index (χ2v) is 7.66. The van der Waals surface area contributed by atoms with Crippen molar-refractivity contribution in [2.75, 3.05) is 43.9 Å². The highest BCUT2D eigenvalue weighted by molar-refractivity contribution is 5.92. The number of likely N-dealkylation sites (N-methyl/N-ethyl adjacent to an activating group) is 1. The summed E-state index contributed by atoms with van der Waals surface area (Å²) in [5.74, 6) is -0.688. The van der Waals surface area contributed by atoms with Crippen molar-refractivity contribution < 1.29 is 9.18 Å². The second kappa shape index (κ2) is 8.36. The van der Waals surface area contributed by atoms with Crippen molar-refractivity contribution in [3.05, 3.63) is 29.8 Å². The maximum Gasteiger partial charge on any atom is 0.276 e. The molecule has 1 aromatic heterocycles. The summed E-state index contributed by atoms with van der Waals surface area (Å²) in [6.07, 6.45) is 1.44. The lowest BCUT2D eigenvalue weighted by molar-refractivity contribution is 0.0767. The van der Waals surface area contributed by atoms with Gasteiger partial charge in [0.2, 0.25) is 0 Å². The van der Waals surface area contributed by atoms with Crippen molar-refractivity contribution in [3.63, 3.8) is 0 Å². The van der Waals surface area contributed by atoms with Crippen LogP contribution in [0.3, 0.4) is 0 Å². The molecule has 0 radical (unpaired) electrons. The molecule has 1 aliphatic rings. The number of hydrogen-bond acceptors (Lipinski definition) is 6. The zero-order chi connectivity index (χ0) is 21.3. The molecule has 1 fully saturated rings. The number of carbonyl (C=O) groups is 1. The Hall–Kier alpha value is -2.68. The molecule has 2 N–H and O–H groups in total. The smallest absolute Gasteiger partial charge is 0.276 e. The average Bonchev–Trinajstić information content (AvgIpc) is 3.18. The molecular formula is C20H30FN7O. The Kier molecular flexibility index (Phi) is 6.07. The lowest BCUT2D eigenvalue weighted by Gasteiger charge is -2.43. The molecule has 1 saturated heterocycles. The topological polar surface area (TPSA) is 83.5 Å². The van der Waals surface area contributed by atoms with Gasteiger partial charge in [-0.15, -0.1) is 5.10 Å². The third-order valence-corrected chi connectivity index (χ3v) is 5.81. The number of aromatic nitrogens is 3. The van der Waals surface area contributed by atoms with Gasteiger partial charge in [-0.3, -0.25) is 9.69 Å². The van der Waals surface area contributed by atoms with Gasteiger partial charge in [-0.2, -0.15) is 0 Å². The van der Waals surface area contributed by atoms with Crippen LogP contribution >= 0.6 is 0 Å². The van der Waals surface area contributed by atoms with E-state index in [4.69, 9.17) is 5.73 Å². The highest BCUT2D eigenvalue weighted by Crippen LogP contribution is 2.31. The molecule has 0 spiro atoms. The van der Waals surface area contributed by atoms with Gasteiger partial charge in [0.15, 0.2) is 11.5 Å². The molecule has 0 saturated carbocycles. The number of halogens is 1. The van der Waals surface area contributed by atoms with Crippen molar-refractivity contribution in [2.45, 2.75) is 39.8 Å². The minimum Gasteiger partial charge on any atom is -0.397 e. The Morgan fingerprint density at radius 1 is 1.21 bits per heavy atom. The molecule has 2 atom stereocenters. The van der Waals surface area contributed by atoms with Crippen LogP contribution in [-0.2, 0) is 0 Å². The van der Waals surface area contributed by atoms with E-state index in [9.17, 15) is 9.18 Å². The second-order valence-electron chi connectivity index (χ2n) is 7.66. The fraction of sp³-hybridized carbons (Fsp3) is 0.550. The third kappa shape index (κ3) is 4.05. The van der Waals surface area contributed by atoms with Crippen LogP contribution in [0, 0.1) is 5.82 Å². The van der Waals surface area contributed by atoms with Gasteiger partial charge in [-0.1, -0.05) is 5.21 Å². The number of piperazine rings is 1. The van der Waals surface area contributed by atoms with Gasteiger partial charge in [0.25, 0.3) is 5.91 Å². The highest BCUT2D eigenvalue weighted by atomic mass is 19.1. The first-order valence-electron chi connectivity index (χ1n) is 10.0. The van der Waals surface area contributed by atoms with Crippen LogP contribution in [0.4, 0.5) is 15.8 Å². The zero-order valence-electron chi connectivity index (χ0n) is 17.8. The molecule has 1 amide bonds. The van der Waals surface area contributed by atoms with Gasteiger partial charge < -0.3 is 15.5 Å². The van der Waals surface area contributed by atoms with Crippen LogP contribution in [0.1, 0.15) is 38.2 Å². The van der Waals surface area contributed by atoms with E-state index in [-0.39, 0.29) is 17.3 Å². The van der Waals surface area contributed by atoms with Crippen LogP contribution in [0.2, 0.25) is 0 Å². The van der Waals surface area contributed by atoms with Crippen LogP contribution in [0.15, 0.2) is 18.3 Å². The quantitative estimate of drug-likeness (QED) is 0.769. The number of benzene rings is 1. The SMILES string of the molecule is CCN(CC)C(=O)c1cn(-c2cc(N)c(N3C[C@@H](C)N(C)[C@@H](C)C3)cc2F)nn1. The molecule has 0 unspecified atom stereocenters. The Balaban J connectivity index is 1.88. The van der Waals surface area contributed by atoms with Crippen molar-refractivity contribution in [2.24, 2.45) is 0 Å². The first kappa shape index (κ1) is 21.0. The molecule has 8 nitrogen and oxygen atoms in total. The van der Waals surface area contributed by atoms with Gasteiger partial charge in [0.05, 0.1) is 17.6 Å². The number of carbonyl (C=O) groups excluding carboxylic acids is 1. The minimum absolute atomic E-state index is 0.174. The van der Waals surface area contributed by atoms with Crippen molar-refractivity contribution >= 4 is 17.3 Å². The fourth-order valence-electron chi connectivity index (χ4n) is 3.77. The number of hydrogen-bond donors (Lipinski definition) is 1. The standard InChI is InChI=1S/C20H30FN7O/c1-6-26(7-2)20(29)17-12-28(24-23-17)18-9-16(22)19(8-15(18)21)27-10-13(3)25(5)14(4)11-27/h8-9,12-14H,6-7,10-11,22H2,1-5H3/t13-,14+. The van der Waals surface area contributed by atoms with Crippen molar-refractivity contribution in [1.82, 2.24) is 24.8 Å². The maximum absolute atomic E-state index is 15.0. The first-order chi connectivity index (χ1) is 13.8. The molecule has 29 heavy (non-hydrogen) atoms. The molecule has 3 rings (SSSR count). The van der Waals surface area contributed by atoms with E-state index in [1.54, 1.807) is 11.0 Å². The van der Waals surface area contributed by atoms with Crippen molar-refractivity contribution in [1.29, 1.82) is 0 Å². The molecule has 158 valence electrons. The van der Waals surface area contributed by atoms with Gasteiger partial charge >= 0.3 is 0 Å². The average molecular weight is 404 g/mol. The van der Waals surface area contributed by atoms with E-state index in [1.165, 1.54) is 16.9 Å².